The number of amides is 2. The van der Waals surface area contributed by atoms with Crippen molar-refractivity contribution in [2.75, 3.05) is 49.4 Å². The first-order valence-corrected chi connectivity index (χ1v) is 8.91. The number of ether oxygens (including phenoxy) is 1. The Bertz CT molecular complexity index is 791. The highest BCUT2D eigenvalue weighted by Crippen LogP contribution is 2.18. The summed E-state index contributed by atoms with van der Waals surface area (Å²) in [5.41, 5.74) is 0.647. The summed E-state index contributed by atoms with van der Waals surface area (Å²) < 4.78 is 5.16. The quantitative estimate of drug-likeness (QED) is 0.800. The van der Waals surface area contributed by atoms with Gasteiger partial charge in [0.05, 0.1) is 13.7 Å². The first-order valence-electron chi connectivity index (χ1n) is 8.91. The van der Waals surface area contributed by atoms with Crippen LogP contribution in [0.2, 0.25) is 0 Å². The van der Waals surface area contributed by atoms with Gasteiger partial charge in [-0.3, -0.25) is 0 Å². The molecule has 0 aliphatic carbocycles. The topological polar surface area (TPSA) is 95.5 Å². The van der Waals surface area contributed by atoms with E-state index in [4.69, 9.17) is 4.74 Å². The Morgan fingerprint density at radius 3 is 2.70 bits per heavy atom. The van der Waals surface area contributed by atoms with Gasteiger partial charge < -0.3 is 25.2 Å². The normalized spacial score (nSPS) is 13.4. The van der Waals surface area contributed by atoms with Crippen molar-refractivity contribution in [3.05, 3.63) is 30.1 Å². The van der Waals surface area contributed by atoms with Gasteiger partial charge in [-0.1, -0.05) is 6.07 Å². The monoisotopic (exact) mass is 371 g/mol. The maximum atomic E-state index is 12.2. The number of carbonyl (C=O) groups excluding carboxylic acids is 1. The molecule has 1 aliphatic rings. The van der Waals surface area contributed by atoms with Gasteiger partial charge in [0, 0.05) is 38.9 Å². The van der Waals surface area contributed by atoms with Gasteiger partial charge in [0.1, 0.15) is 5.75 Å². The Balaban J connectivity index is 1.66. The van der Waals surface area contributed by atoms with Crippen LogP contribution in [0.4, 0.5) is 22.4 Å². The minimum absolute atomic E-state index is 0.208. The predicted molar refractivity (Wildman–Crippen MR) is 104 cm³/mol. The number of urea groups is 1. The summed E-state index contributed by atoms with van der Waals surface area (Å²) in [6, 6.07) is 6.83. The highest BCUT2D eigenvalue weighted by molar-refractivity contribution is 5.89. The van der Waals surface area contributed by atoms with Gasteiger partial charge in [0.15, 0.2) is 5.82 Å². The van der Waals surface area contributed by atoms with E-state index in [0.717, 1.165) is 25.9 Å². The van der Waals surface area contributed by atoms with Crippen molar-refractivity contribution in [2.45, 2.75) is 19.4 Å². The molecular formula is C18H25N7O2. The lowest BCUT2D eigenvalue weighted by molar-refractivity contribution is 0.251. The number of nitrogens with one attached hydrogen (secondary N) is 2. The minimum Gasteiger partial charge on any atom is -0.497 e. The Hall–Kier alpha value is -3.10. The number of anilines is 3. The molecule has 144 valence electrons. The molecule has 0 saturated carbocycles. The van der Waals surface area contributed by atoms with Crippen LogP contribution >= 0.6 is 0 Å². The molecule has 2 amide bonds. The van der Waals surface area contributed by atoms with Crippen molar-refractivity contribution < 1.29 is 9.53 Å². The van der Waals surface area contributed by atoms with Crippen LogP contribution in [0, 0.1) is 0 Å². The Morgan fingerprint density at radius 2 is 2.00 bits per heavy atom. The maximum absolute atomic E-state index is 12.2. The first kappa shape index (κ1) is 18.7. The van der Waals surface area contributed by atoms with Gasteiger partial charge in [0.2, 0.25) is 11.9 Å². The SMILES string of the molecule is COc1cccc(NC(=O)NCc2nc(N(C)C)nc(N3CCCC3)n2)c1. The van der Waals surface area contributed by atoms with E-state index in [2.05, 4.69) is 30.5 Å². The number of hydrogen-bond donors (Lipinski definition) is 2. The van der Waals surface area contributed by atoms with Crippen LogP contribution in [0.25, 0.3) is 0 Å². The fourth-order valence-corrected chi connectivity index (χ4v) is 2.77. The Kier molecular flexibility index (Phi) is 5.90. The molecule has 1 aromatic carbocycles. The molecule has 0 spiro atoms. The van der Waals surface area contributed by atoms with Crippen LogP contribution < -0.4 is 25.2 Å². The van der Waals surface area contributed by atoms with Crippen molar-refractivity contribution >= 4 is 23.6 Å². The average Bonchev–Trinajstić information content (AvgIpc) is 3.21. The molecule has 2 aromatic rings. The summed E-state index contributed by atoms with van der Waals surface area (Å²) >= 11 is 0. The van der Waals surface area contributed by atoms with Gasteiger partial charge in [-0.2, -0.15) is 15.0 Å². The number of aromatic nitrogens is 3. The molecule has 9 nitrogen and oxygen atoms in total. The molecule has 9 heteroatoms. The first-order chi connectivity index (χ1) is 13.0. The summed E-state index contributed by atoms with van der Waals surface area (Å²) in [7, 11) is 5.35. The lowest BCUT2D eigenvalue weighted by atomic mass is 10.3. The van der Waals surface area contributed by atoms with E-state index >= 15 is 0 Å². The standard InChI is InChI=1S/C18H25N7O2/c1-24(2)16-21-15(22-17(23-16)25-9-4-5-10-25)12-19-18(26)20-13-7-6-8-14(11-13)27-3/h6-8,11H,4-5,9-10,12H2,1-3H3,(H2,19,20,26). The molecule has 2 heterocycles. The largest absolute Gasteiger partial charge is 0.497 e. The summed E-state index contributed by atoms with van der Waals surface area (Å²) in [6.45, 7) is 2.10. The molecule has 0 unspecified atom stereocenters. The minimum atomic E-state index is -0.335. The van der Waals surface area contributed by atoms with Gasteiger partial charge in [-0.05, 0) is 25.0 Å². The molecule has 1 aliphatic heterocycles. The summed E-state index contributed by atoms with van der Waals surface area (Å²) in [4.78, 5) is 29.6. The fraction of sp³-hybridized carbons (Fsp3) is 0.444. The second-order valence-electron chi connectivity index (χ2n) is 6.48. The summed E-state index contributed by atoms with van der Waals surface area (Å²) in [6.07, 6.45) is 2.28. The van der Waals surface area contributed by atoms with E-state index in [1.54, 1.807) is 19.2 Å². The Morgan fingerprint density at radius 1 is 1.22 bits per heavy atom. The molecule has 0 atom stereocenters. The lowest BCUT2D eigenvalue weighted by Crippen LogP contribution is -2.30. The van der Waals surface area contributed by atoms with Crippen LogP contribution in [0.1, 0.15) is 18.7 Å². The molecule has 27 heavy (non-hydrogen) atoms. The predicted octanol–water partition coefficient (Wildman–Crippen LogP) is 1.87. The molecule has 3 rings (SSSR count). The molecule has 1 fully saturated rings. The summed E-state index contributed by atoms with van der Waals surface area (Å²) in [5, 5.41) is 5.56. The third kappa shape index (κ3) is 4.96. The van der Waals surface area contributed by atoms with Crippen molar-refractivity contribution in [2.24, 2.45) is 0 Å². The fourth-order valence-electron chi connectivity index (χ4n) is 2.77. The number of hydrogen-bond acceptors (Lipinski definition) is 7. The van der Waals surface area contributed by atoms with Crippen LogP contribution in [-0.4, -0.2) is 55.3 Å². The molecule has 1 saturated heterocycles. The van der Waals surface area contributed by atoms with Crippen LogP contribution in [0.5, 0.6) is 5.75 Å². The third-order valence-electron chi connectivity index (χ3n) is 4.18. The van der Waals surface area contributed by atoms with Crippen molar-refractivity contribution in [1.29, 1.82) is 0 Å². The van der Waals surface area contributed by atoms with E-state index in [0.29, 0.717) is 29.2 Å². The molecule has 2 N–H and O–H groups in total. The lowest BCUT2D eigenvalue weighted by Gasteiger charge is -2.19. The van der Waals surface area contributed by atoms with Crippen molar-refractivity contribution in [3.63, 3.8) is 0 Å². The van der Waals surface area contributed by atoms with E-state index in [1.807, 2.05) is 31.1 Å². The van der Waals surface area contributed by atoms with Gasteiger partial charge in [-0.15, -0.1) is 0 Å². The van der Waals surface area contributed by atoms with E-state index < -0.39 is 0 Å². The number of methoxy groups -OCH3 is 1. The van der Waals surface area contributed by atoms with Gasteiger partial charge >= 0.3 is 6.03 Å². The van der Waals surface area contributed by atoms with Gasteiger partial charge in [0.25, 0.3) is 0 Å². The van der Waals surface area contributed by atoms with E-state index in [-0.39, 0.29) is 12.6 Å². The third-order valence-corrected chi connectivity index (χ3v) is 4.18. The van der Waals surface area contributed by atoms with E-state index in [1.165, 1.54) is 0 Å². The molecule has 0 bridgehead atoms. The number of carbonyl (C=O) groups is 1. The highest BCUT2D eigenvalue weighted by atomic mass is 16.5. The highest BCUT2D eigenvalue weighted by Gasteiger charge is 2.18. The molecule has 1 aromatic heterocycles. The molecule has 0 radical (unpaired) electrons. The second kappa shape index (κ2) is 8.52. The van der Waals surface area contributed by atoms with Crippen molar-refractivity contribution in [1.82, 2.24) is 20.3 Å². The Labute approximate surface area is 158 Å². The van der Waals surface area contributed by atoms with Crippen LogP contribution in [-0.2, 0) is 6.54 Å². The van der Waals surface area contributed by atoms with E-state index in [9.17, 15) is 4.79 Å². The summed E-state index contributed by atoms with van der Waals surface area (Å²) in [5.74, 6) is 2.45. The van der Waals surface area contributed by atoms with Crippen molar-refractivity contribution in [3.8, 4) is 5.75 Å². The van der Waals surface area contributed by atoms with Crippen LogP contribution in [0.15, 0.2) is 24.3 Å². The number of benzene rings is 1. The zero-order valence-electron chi connectivity index (χ0n) is 15.9. The maximum Gasteiger partial charge on any atom is 0.319 e. The van der Waals surface area contributed by atoms with Crippen LogP contribution in [0.3, 0.4) is 0 Å². The van der Waals surface area contributed by atoms with Gasteiger partial charge in [-0.25, -0.2) is 4.79 Å². The average molecular weight is 371 g/mol. The zero-order chi connectivity index (χ0) is 19.2. The zero-order valence-corrected chi connectivity index (χ0v) is 15.9. The molecular weight excluding hydrogens is 346 g/mol. The second-order valence-corrected chi connectivity index (χ2v) is 6.48. The number of nitrogens with zero attached hydrogens (tertiary/aromatic N) is 5. The smallest absolute Gasteiger partial charge is 0.319 e. The number of rotatable bonds is 6.